The van der Waals surface area contributed by atoms with Gasteiger partial charge in [0.2, 0.25) is 0 Å². The molecular weight excluding hydrogens is 200 g/mol. The Morgan fingerprint density at radius 1 is 0.933 bits per heavy atom. The number of thioether (sulfide) groups is 1. The zero-order valence-electron chi connectivity index (χ0n) is 9.96. The van der Waals surface area contributed by atoms with Gasteiger partial charge in [0.25, 0.3) is 0 Å². The summed E-state index contributed by atoms with van der Waals surface area (Å²) in [6, 6.07) is 0. The average Bonchev–Trinajstić information content (AvgIpc) is 2.50. The van der Waals surface area contributed by atoms with Crippen molar-refractivity contribution in [3.8, 4) is 0 Å². The molecule has 3 aliphatic rings. The molecular formula is C14H22S. The summed E-state index contributed by atoms with van der Waals surface area (Å²) >= 11 is 2.27. The summed E-state index contributed by atoms with van der Waals surface area (Å²) in [6.45, 7) is 4.99. The SMILES string of the molecule is C[C@@H]1S[C@H](C)[C@@]23CC=CC[C@]12CCCC3. The summed E-state index contributed by atoms with van der Waals surface area (Å²) in [4.78, 5) is 0. The van der Waals surface area contributed by atoms with Crippen LogP contribution in [-0.4, -0.2) is 10.5 Å². The molecule has 84 valence electrons. The maximum absolute atomic E-state index is 2.49. The summed E-state index contributed by atoms with van der Waals surface area (Å²) in [7, 11) is 0. The Morgan fingerprint density at radius 2 is 1.40 bits per heavy atom. The molecule has 0 spiro atoms. The zero-order chi connectivity index (χ0) is 10.5. The van der Waals surface area contributed by atoms with E-state index in [2.05, 4.69) is 37.8 Å². The van der Waals surface area contributed by atoms with Crippen molar-refractivity contribution in [2.75, 3.05) is 0 Å². The van der Waals surface area contributed by atoms with Crippen molar-refractivity contribution in [1.29, 1.82) is 0 Å². The third-order valence-corrected chi connectivity index (χ3v) is 7.30. The largest absolute Gasteiger partial charge is 0.155 e. The van der Waals surface area contributed by atoms with E-state index in [1.165, 1.54) is 38.5 Å². The van der Waals surface area contributed by atoms with E-state index >= 15 is 0 Å². The first-order valence-corrected chi connectivity index (χ1v) is 7.46. The molecule has 1 heterocycles. The molecule has 2 fully saturated rings. The fourth-order valence-electron chi connectivity index (χ4n) is 4.69. The van der Waals surface area contributed by atoms with Crippen LogP contribution in [0.2, 0.25) is 0 Å². The molecule has 3 rings (SSSR count). The summed E-state index contributed by atoms with van der Waals surface area (Å²) < 4.78 is 0. The van der Waals surface area contributed by atoms with Gasteiger partial charge in [0.1, 0.15) is 0 Å². The summed E-state index contributed by atoms with van der Waals surface area (Å²) in [5.41, 5.74) is 1.34. The van der Waals surface area contributed by atoms with Crippen molar-refractivity contribution in [3.63, 3.8) is 0 Å². The van der Waals surface area contributed by atoms with Crippen LogP contribution in [0.4, 0.5) is 0 Å². The standard InChI is InChI=1S/C14H22S/c1-11-13-7-3-5-9-14(13,12(2)15-11)10-6-4-8-13/h3,5,11-12H,4,6-10H2,1-2H3/t11-,12+,13-,14-/m0/s1. The fourth-order valence-corrected chi connectivity index (χ4v) is 6.72. The van der Waals surface area contributed by atoms with Gasteiger partial charge in [-0.15, -0.1) is 0 Å². The molecule has 2 aliphatic carbocycles. The van der Waals surface area contributed by atoms with Crippen LogP contribution in [0.15, 0.2) is 12.2 Å². The maximum atomic E-state index is 2.49. The monoisotopic (exact) mass is 222 g/mol. The van der Waals surface area contributed by atoms with Gasteiger partial charge in [0.15, 0.2) is 0 Å². The summed E-state index contributed by atoms with van der Waals surface area (Å²) in [5.74, 6) is 0. The van der Waals surface area contributed by atoms with Gasteiger partial charge in [-0.25, -0.2) is 0 Å². The third kappa shape index (κ3) is 1.11. The maximum Gasteiger partial charge on any atom is 0.00868 e. The van der Waals surface area contributed by atoms with E-state index in [1.54, 1.807) is 0 Å². The second kappa shape index (κ2) is 3.29. The molecule has 0 unspecified atom stereocenters. The normalized spacial score (nSPS) is 53.7. The highest BCUT2D eigenvalue weighted by atomic mass is 32.2. The van der Waals surface area contributed by atoms with Crippen LogP contribution in [0.3, 0.4) is 0 Å². The summed E-state index contributed by atoms with van der Waals surface area (Å²) in [6.07, 6.45) is 13.6. The smallest absolute Gasteiger partial charge is 0.00868 e. The van der Waals surface area contributed by atoms with Crippen LogP contribution in [0.5, 0.6) is 0 Å². The van der Waals surface area contributed by atoms with E-state index in [9.17, 15) is 0 Å². The Morgan fingerprint density at radius 3 is 1.87 bits per heavy atom. The van der Waals surface area contributed by atoms with Crippen LogP contribution in [0, 0.1) is 10.8 Å². The molecule has 0 bridgehead atoms. The van der Waals surface area contributed by atoms with Crippen LogP contribution in [0.1, 0.15) is 52.4 Å². The van der Waals surface area contributed by atoms with E-state index in [1.807, 2.05) is 0 Å². The van der Waals surface area contributed by atoms with Crippen molar-refractivity contribution in [1.82, 2.24) is 0 Å². The predicted octanol–water partition coefficient (Wildman–Crippen LogP) is 4.41. The molecule has 1 saturated carbocycles. The predicted molar refractivity (Wildman–Crippen MR) is 68.2 cm³/mol. The van der Waals surface area contributed by atoms with E-state index in [4.69, 9.17) is 0 Å². The Kier molecular flexibility index (Phi) is 2.25. The van der Waals surface area contributed by atoms with Crippen molar-refractivity contribution in [2.24, 2.45) is 10.8 Å². The highest BCUT2D eigenvalue weighted by Gasteiger charge is 2.62. The molecule has 0 nitrogen and oxygen atoms in total. The Hall–Kier alpha value is 0.0900. The van der Waals surface area contributed by atoms with Gasteiger partial charge in [-0.3, -0.25) is 0 Å². The molecule has 1 aliphatic heterocycles. The first-order chi connectivity index (χ1) is 7.21. The van der Waals surface area contributed by atoms with Crippen LogP contribution in [0.25, 0.3) is 0 Å². The van der Waals surface area contributed by atoms with Crippen LogP contribution < -0.4 is 0 Å². The van der Waals surface area contributed by atoms with Gasteiger partial charge < -0.3 is 0 Å². The Balaban J connectivity index is 2.09. The number of rotatable bonds is 0. The van der Waals surface area contributed by atoms with Gasteiger partial charge in [0.05, 0.1) is 0 Å². The fraction of sp³-hybridized carbons (Fsp3) is 0.857. The van der Waals surface area contributed by atoms with Crippen molar-refractivity contribution in [2.45, 2.75) is 62.9 Å². The molecule has 0 radical (unpaired) electrons. The van der Waals surface area contributed by atoms with Gasteiger partial charge in [0, 0.05) is 10.5 Å². The van der Waals surface area contributed by atoms with Crippen molar-refractivity contribution < 1.29 is 0 Å². The third-order valence-electron chi connectivity index (χ3n) is 5.58. The van der Waals surface area contributed by atoms with Crippen LogP contribution in [-0.2, 0) is 0 Å². The van der Waals surface area contributed by atoms with Gasteiger partial charge in [-0.2, -0.15) is 11.8 Å². The lowest BCUT2D eigenvalue weighted by molar-refractivity contribution is -0.00164. The van der Waals surface area contributed by atoms with Crippen LogP contribution >= 0.6 is 11.8 Å². The van der Waals surface area contributed by atoms with Gasteiger partial charge in [-0.05, 0) is 36.5 Å². The number of allylic oxidation sites excluding steroid dienone is 2. The Bertz CT molecular complexity index is 268. The molecule has 0 N–H and O–H groups in total. The average molecular weight is 222 g/mol. The van der Waals surface area contributed by atoms with E-state index in [0.717, 1.165) is 10.5 Å². The van der Waals surface area contributed by atoms with E-state index < -0.39 is 0 Å². The molecule has 1 heteroatoms. The highest BCUT2D eigenvalue weighted by Crippen LogP contribution is 2.70. The minimum Gasteiger partial charge on any atom is -0.155 e. The molecule has 0 aromatic rings. The zero-order valence-corrected chi connectivity index (χ0v) is 10.8. The van der Waals surface area contributed by atoms with Crippen molar-refractivity contribution >= 4 is 11.8 Å². The molecule has 4 atom stereocenters. The van der Waals surface area contributed by atoms with E-state index in [-0.39, 0.29) is 0 Å². The van der Waals surface area contributed by atoms with Crippen molar-refractivity contribution in [3.05, 3.63) is 12.2 Å². The first-order valence-electron chi connectivity index (χ1n) is 6.52. The second-order valence-electron chi connectivity index (χ2n) is 5.82. The molecule has 1 saturated heterocycles. The molecule has 15 heavy (non-hydrogen) atoms. The lowest BCUT2D eigenvalue weighted by Gasteiger charge is -2.54. The number of hydrogen-bond donors (Lipinski definition) is 0. The van der Waals surface area contributed by atoms with Gasteiger partial charge >= 0.3 is 0 Å². The first kappa shape index (κ1) is 10.3. The highest BCUT2D eigenvalue weighted by molar-refractivity contribution is 8.00. The minimum absolute atomic E-state index is 0.671. The quantitative estimate of drug-likeness (QED) is 0.547. The number of hydrogen-bond acceptors (Lipinski definition) is 1. The lowest BCUT2D eigenvalue weighted by Crippen LogP contribution is -2.49. The van der Waals surface area contributed by atoms with Gasteiger partial charge in [-0.1, -0.05) is 38.8 Å². The Labute approximate surface area is 97.9 Å². The molecule has 0 aromatic carbocycles. The summed E-state index contributed by atoms with van der Waals surface area (Å²) in [5, 5.41) is 1.77. The van der Waals surface area contributed by atoms with E-state index in [0.29, 0.717) is 10.8 Å². The second-order valence-corrected chi connectivity index (χ2v) is 7.51. The topological polar surface area (TPSA) is 0 Å². The lowest BCUT2D eigenvalue weighted by atomic mass is 9.49. The minimum atomic E-state index is 0.671. The molecule has 0 amide bonds. The molecule has 0 aromatic heterocycles.